The monoisotopic (exact) mass is 397 g/mol. The van der Waals surface area contributed by atoms with Gasteiger partial charge in [0.15, 0.2) is 0 Å². The molecule has 0 aliphatic rings. The third-order valence-electron chi connectivity index (χ3n) is 3.33. The van der Waals surface area contributed by atoms with Crippen LogP contribution in [0, 0.1) is 0 Å². The summed E-state index contributed by atoms with van der Waals surface area (Å²) in [6.45, 7) is 0. The molecule has 1 amide bonds. The van der Waals surface area contributed by atoms with Crippen molar-refractivity contribution in [1.29, 1.82) is 0 Å². The number of ether oxygens (including phenoxy) is 1. The molecule has 9 heteroatoms. The van der Waals surface area contributed by atoms with Crippen molar-refractivity contribution in [3.05, 3.63) is 64.8 Å². The lowest BCUT2D eigenvalue weighted by Gasteiger charge is -2.11. The Morgan fingerprint density at radius 2 is 1.89 bits per heavy atom. The Morgan fingerprint density at radius 1 is 1.22 bits per heavy atom. The van der Waals surface area contributed by atoms with Crippen LogP contribution >= 0.6 is 11.6 Å². The Morgan fingerprint density at radius 3 is 2.44 bits per heavy atom. The SMILES string of the molecule is CN=CC(=CN)c1cc(C(=O)Nc2ccc(OC(F)(F)F)cc2)ccc1Cl. The molecule has 5 nitrogen and oxygen atoms in total. The van der Waals surface area contributed by atoms with Crippen LogP contribution in [0.25, 0.3) is 5.57 Å². The topological polar surface area (TPSA) is 76.7 Å². The minimum Gasteiger partial charge on any atom is -0.406 e. The van der Waals surface area contributed by atoms with Crippen LogP contribution in [0.4, 0.5) is 18.9 Å². The molecule has 27 heavy (non-hydrogen) atoms. The number of nitrogens with zero attached hydrogens (tertiary/aromatic N) is 1. The van der Waals surface area contributed by atoms with Crippen molar-refractivity contribution in [3.8, 4) is 5.75 Å². The fraction of sp³-hybridized carbons (Fsp3) is 0.111. The average Bonchev–Trinajstić information content (AvgIpc) is 2.60. The van der Waals surface area contributed by atoms with Gasteiger partial charge in [-0.3, -0.25) is 9.79 Å². The van der Waals surface area contributed by atoms with Crippen LogP contribution in [0.5, 0.6) is 5.75 Å². The van der Waals surface area contributed by atoms with E-state index in [4.69, 9.17) is 17.3 Å². The number of hydrogen-bond donors (Lipinski definition) is 2. The first kappa shape index (κ1) is 20.3. The van der Waals surface area contributed by atoms with Crippen LogP contribution in [0.3, 0.4) is 0 Å². The first-order valence-corrected chi connectivity index (χ1v) is 7.92. The van der Waals surface area contributed by atoms with Gasteiger partial charge in [0.05, 0.1) is 0 Å². The predicted octanol–water partition coefficient (Wildman–Crippen LogP) is 4.49. The molecule has 2 aromatic carbocycles. The zero-order valence-corrected chi connectivity index (χ0v) is 14.8. The van der Waals surface area contributed by atoms with Gasteiger partial charge in [-0.15, -0.1) is 13.2 Å². The Labute approximate surface area is 158 Å². The second kappa shape index (κ2) is 8.59. The highest BCUT2D eigenvalue weighted by molar-refractivity contribution is 6.34. The number of hydrogen-bond acceptors (Lipinski definition) is 4. The van der Waals surface area contributed by atoms with Crippen LogP contribution < -0.4 is 15.8 Å². The lowest BCUT2D eigenvalue weighted by atomic mass is 10.0. The van der Waals surface area contributed by atoms with E-state index in [2.05, 4.69) is 15.0 Å². The molecule has 0 unspecified atom stereocenters. The molecule has 0 fully saturated rings. The van der Waals surface area contributed by atoms with Gasteiger partial charge in [0, 0.05) is 46.9 Å². The summed E-state index contributed by atoms with van der Waals surface area (Å²) in [7, 11) is 1.57. The van der Waals surface area contributed by atoms with Gasteiger partial charge in [-0.1, -0.05) is 11.6 Å². The van der Waals surface area contributed by atoms with Crippen molar-refractivity contribution in [2.24, 2.45) is 10.7 Å². The molecule has 3 N–H and O–H groups in total. The van der Waals surface area contributed by atoms with Crippen LogP contribution in [-0.2, 0) is 0 Å². The number of carbonyl (C=O) groups is 1. The van der Waals surface area contributed by atoms with Gasteiger partial charge in [0.25, 0.3) is 5.91 Å². The number of allylic oxidation sites excluding steroid dienone is 1. The van der Waals surface area contributed by atoms with Crippen molar-refractivity contribution in [2.75, 3.05) is 12.4 Å². The van der Waals surface area contributed by atoms with E-state index in [0.29, 0.717) is 21.8 Å². The first-order chi connectivity index (χ1) is 12.7. The number of alkyl halides is 3. The standard InChI is InChI=1S/C18H15ClF3N3O2/c1-24-10-12(9-23)15-8-11(2-7-16(15)19)17(26)25-13-3-5-14(6-4-13)27-18(20,21)22/h2-10H,23H2,1H3,(H,25,26). The van der Waals surface area contributed by atoms with Crippen molar-refractivity contribution >= 4 is 35.0 Å². The number of anilines is 1. The Bertz CT molecular complexity index is 878. The molecule has 2 aromatic rings. The summed E-state index contributed by atoms with van der Waals surface area (Å²) in [4.78, 5) is 16.3. The van der Waals surface area contributed by atoms with Gasteiger partial charge < -0.3 is 15.8 Å². The minimum atomic E-state index is -4.78. The molecule has 0 spiro atoms. The number of benzene rings is 2. The molecule has 0 bridgehead atoms. The molecule has 0 saturated carbocycles. The average molecular weight is 398 g/mol. The third kappa shape index (κ3) is 5.75. The van der Waals surface area contributed by atoms with Gasteiger partial charge in [0.2, 0.25) is 0 Å². The molecule has 0 aliphatic carbocycles. The molecule has 0 heterocycles. The van der Waals surface area contributed by atoms with E-state index in [1.54, 1.807) is 19.2 Å². The summed E-state index contributed by atoms with van der Waals surface area (Å²) >= 11 is 6.14. The van der Waals surface area contributed by atoms with Crippen molar-refractivity contribution in [3.63, 3.8) is 0 Å². The quantitative estimate of drug-likeness (QED) is 0.730. The maximum atomic E-state index is 12.4. The smallest absolute Gasteiger partial charge is 0.406 e. The maximum absolute atomic E-state index is 12.4. The fourth-order valence-corrected chi connectivity index (χ4v) is 2.40. The number of nitrogens with one attached hydrogen (secondary N) is 1. The highest BCUT2D eigenvalue weighted by Crippen LogP contribution is 2.26. The van der Waals surface area contributed by atoms with Gasteiger partial charge in [-0.05, 0) is 42.5 Å². The molecule has 0 radical (unpaired) electrons. The van der Waals surface area contributed by atoms with E-state index in [0.717, 1.165) is 12.1 Å². The number of carbonyl (C=O) groups excluding carboxylic acids is 1. The summed E-state index contributed by atoms with van der Waals surface area (Å²) in [5, 5.41) is 2.97. The summed E-state index contributed by atoms with van der Waals surface area (Å²) in [6, 6.07) is 9.39. The van der Waals surface area contributed by atoms with Crippen LogP contribution in [0.2, 0.25) is 5.02 Å². The van der Waals surface area contributed by atoms with E-state index in [-0.39, 0.29) is 11.3 Å². The van der Waals surface area contributed by atoms with Crippen molar-refractivity contribution < 1.29 is 22.7 Å². The number of amides is 1. The summed E-state index contributed by atoms with van der Waals surface area (Å²) in [6.07, 6.45) is -1.96. The second-order valence-electron chi connectivity index (χ2n) is 5.23. The number of rotatable bonds is 5. The number of nitrogens with two attached hydrogens (primary N) is 1. The Kier molecular flexibility index (Phi) is 6.46. The highest BCUT2D eigenvalue weighted by atomic mass is 35.5. The van der Waals surface area contributed by atoms with E-state index >= 15 is 0 Å². The molecule has 142 valence electrons. The Balaban J connectivity index is 2.19. The van der Waals surface area contributed by atoms with Crippen LogP contribution in [-0.4, -0.2) is 25.5 Å². The molecular formula is C18H15ClF3N3O2. The maximum Gasteiger partial charge on any atom is 0.573 e. The van der Waals surface area contributed by atoms with E-state index in [1.165, 1.54) is 30.6 Å². The normalized spacial score (nSPS) is 12.3. The predicted molar refractivity (Wildman–Crippen MR) is 99.1 cm³/mol. The summed E-state index contributed by atoms with van der Waals surface area (Å²) < 4.78 is 40.3. The second-order valence-corrected chi connectivity index (χ2v) is 5.64. The van der Waals surface area contributed by atoms with E-state index < -0.39 is 12.3 Å². The minimum absolute atomic E-state index is 0.286. The zero-order chi connectivity index (χ0) is 20.0. The lowest BCUT2D eigenvalue weighted by Crippen LogP contribution is -2.17. The number of halogens is 4. The van der Waals surface area contributed by atoms with Crippen LogP contribution in [0.1, 0.15) is 15.9 Å². The molecular weight excluding hydrogens is 383 g/mol. The first-order valence-electron chi connectivity index (χ1n) is 7.54. The van der Waals surface area contributed by atoms with E-state index in [1.807, 2.05) is 0 Å². The largest absolute Gasteiger partial charge is 0.573 e. The molecule has 0 atom stereocenters. The third-order valence-corrected chi connectivity index (χ3v) is 3.66. The molecule has 0 aliphatic heterocycles. The Hall–Kier alpha value is -3.00. The van der Waals surface area contributed by atoms with Gasteiger partial charge in [0.1, 0.15) is 5.75 Å². The van der Waals surface area contributed by atoms with Gasteiger partial charge in [-0.25, -0.2) is 0 Å². The van der Waals surface area contributed by atoms with Crippen LogP contribution in [0.15, 0.2) is 53.7 Å². The summed E-state index contributed by atoms with van der Waals surface area (Å²) in [5.41, 5.74) is 7.20. The van der Waals surface area contributed by atoms with Gasteiger partial charge in [-0.2, -0.15) is 0 Å². The lowest BCUT2D eigenvalue weighted by molar-refractivity contribution is -0.274. The van der Waals surface area contributed by atoms with E-state index in [9.17, 15) is 18.0 Å². The summed E-state index contributed by atoms with van der Waals surface area (Å²) in [5.74, 6) is -0.854. The zero-order valence-electron chi connectivity index (χ0n) is 14.0. The molecule has 0 saturated heterocycles. The van der Waals surface area contributed by atoms with Crippen molar-refractivity contribution in [1.82, 2.24) is 0 Å². The molecule has 0 aromatic heterocycles. The fourth-order valence-electron chi connectivity index (χ4n) is 2.17. The molecule has 2 rings (SSSR count). The van der Waals surface area contributed by atoms with Gasteiger partial charge >= 0.3 is 6.36 Å². The highest BCUT2D eigenvalue weighted by Gasteiger charge is 2.30. The number of aliphatic imine (C=N–C) groups is 1. The van der Waals surface area contributed by atoms with Crippen molar-refractivity contribution in [2.45, 2.75) is 6.36 Å².